The molecule has 2 aromatic rings. The molecule has 0 aliphatic heterocycles. The smallest absolute Gasteiger partial charge is 0.207 e. The van der Waals surface area contributed by atoms with Crippen molar-refractivity contribution in [3.63, 3.8) is 0 Å². The van der Waals surface area contributed by atoms with Crippen molar-refractivity contribution >= 4 is 64.8 Å². The van der Waals surface area contributed by atoms with Crippen LogP contribution in [0, 0.1) is 0 Å². The molecule has 8 heteroatoms. The molecule has 1 N–H and O–H groups in total. The Morgan fingerprint density at radius 2 is 1.95 bits per heavy atom. The molecule has 0 atom stereocenters. The summed E-state index contributed by atoms with van der Waals surface area (Å²) in [6.07, 6.45) is 0. The number of hydrogen-bond donors (Lipinski definition) is 1. The summed E-state index contributed by atoms with van der Waals surface area (Å²) < 4.78 is 28.5. The Bertz CT molecular complexity index is 700. The van der Waals surface area contributed by atoms with Crippen LogP contribution in [0.15, 0.2) is 43.5 Å². The molecule has 0 fully saturated rings. The van der Waals surface area contributed by atoms with Crippen LogP contribution in [0.3, 0.4) is 0 Å². The van der Waals surface area contributed by atoms with Gasteiger partial charge in [0, 0.05) is 25.7 Å². The Morgan fingerprint density at radius 3 is 2.53 bits per heavy atom. The van der Waals surface area contributed by atoms with Crippen molar-refractivity contribution < 1.29 is 8.42 Å². The van der Waals surface area contributed by atoms with E-state index >= 15 is 0 Å². The van der Waals surface area contributed by atoms with Crippen LogP contribution in [0.4, 0.5) is 0 Å². The minimum atomic E-state index is -3.61. The normalized spacial score (nSPS) is 11.7. The van der Waals surface area contributed by atoms with Gasteiger partial charge in [0.2, 0.25) is 10.0 Å². The molecule has 19 heavy (non-hydrogen) atoms. The summed E-state index contributed by atoms with van der Waals surface area (Å²) in [5.74, 6) is 0. The Hall–Kier alpha value is 0.0800. The van der Waals surface area contributed by atoms with Gasteiger partial charge in [0.05, 0.1) is 5.02 Å². The molecule has 0 aliphatic carbocycles. The van der Waals surface area contributed by atoms with E-state index < -0.39 is 10.0 Å². The Labute approximate surface area is 137 Å². The number of rotatable bonds is 4. The minimum absolute atomic E-state index is 0.0768. The molecule has 2 rings (SSSR count). The van der Waals surface area contributed by atoms with Gasteiger partial charge in [0.1, 0.15) is 4.90 Å². The number of halogens is 3. The zero-order valence-electron chi connectivity index (χ0n) is 9.36. The predicted octanol–water partition coefficient (Wildman–Crippen LogP) is 4.41. The highest BCUT2D eigenvalue weighted by Gasteiger charge is 2.17. The zero-order valence-corrected chi connectivity index (χ0v) is 14.9. The van der Waals surface area contributed by atoms with Gasteiger partial charge < -0.3 is 0 Å². The molecule has 1 heterocycles. The molecule has 0 amide bonds. The third kappa shape index (κ3) is 4.03. The van der Waals surface area contributed by atoms with E-state index in [1.807, 2.05) is 11.4 Å². The summed E-state index contributed by atoms with van der Waals surface area (Å²) in [5, 5.41) is 2.09. The van der Waals surface area contributed by atoms with Crippen LogP contribution in [0.2, 0.25) is 5.02 Å². The van der Waals surface area contributed by atoms with E-state index in [4.69, 9.17) is 11.6 Å². The third-order valence-electron chi connectivity index (χ3n) is 2.24. The Kier molecular flexibility index (Phi) is 5.08. The molecule has 1 aromatic heterocycles. The average molecular weight is 446 g/mol. The lowest BCUT2D eigenvalue weighted by Gasteiger charge is -2.07. The first-order chi connectivity index (χ1) is 8.88. The van der Waals surface area contributed by atoms with Gasteiger partial charge in [-0.05, 0) is 40.2 Å². The minimum Gasteiger partial charge on any atom is -0.207 e. The number of hydrogen-bond acceptors (Lipinski definition) is 3. The summed E-state index contributed by atoms with van der Waals surface area (Å²) >= 11 is 14.0. The lowest BCUT2D eigenvalue weighted by atomic mass is 10.4. The highest BCUT2D eigenvalue weighted by Crippen LogP contribution is 2.26. The zero-order chi connectivity index (χ0) is 14.0. The van der Waals surface area contributed by atoms with Crippen molar-refractivity contribution in [1.29, 1.82) is 0 Å². The van der Waals surface area contributed by atoms with Gasteiger partial charge in [-0.3, -0.25) is 0 Å². The monoisotopic (exact) mass is 443 g/mol. The SMILES string of the molecule is O=S(=O)(NCc1cc(Br)cs1)c1ccc(Br)cc1Cl. The fourth-order valence-corrected chi connectivity index (χ4v) is 4.91. The van der Waals surface area contributed by atoms with Gasteiger partial charge in [0.25, 0.3) is 0 Å². The van der Waals surface area contributed by atoms with Crippen LogP contribution in [0.25, 0.3) is 0 Å². The van der Waals surface area contributed by atoms with Gasteiger partial charge in [0.15, 0.2) is 0 Å². The second-order valence-electron chi connectivity index (χ2n) is 3.63. The van der Waals surface area contributed by atoms with Crippen molar-refractivity contribution in [2.45, 2.75) is 11.4 Å². The second kappa shape index (κ2) is 6.24. The summed E-state index contributed by atoms with van der Waals surface area (Å²) in [5.41, 5.74) is 0. The molecule has 0 saturated heterocycles. The van der Waals surface area contributed by atoms with Crippen LogP contribution in [0.5, 0.6) is 0 Å². The molecule has 0 aliphatic rings. The number of benzene rings is 1. The predicted molar refractivity (Wildman–Crippen MR) is 85.2 cm³/mol. The molecule has 0 saturated carbocycles. The summed E-state index contributed by atoms with van der Waals surface area (Å²) in [6, 6.07) is 6.54. The van der Waals surface area contributed by atoms with Crippen molar-refractivity contribution in [2.75, 3.05) is 0 Å². The second-order valence-corrected chi connectivity index (χ2v) is 8.60. The fourth-order valence-electron chi connectivity index (χ4n) is 1.38. The first kappa shape index (κ1) is 15.5. The molecular weight excluding hydrogens is 438 g/mol. The maximum Gasteiger partial charge on any atom is 0.242 e. The fraction of sp³-hybridized carbons (Fsp3) is 0.0909. The van der Waals surface area contributed by atoms with Crippen LogP contribution in [-0.2, 0) is 16.6 Å². The van der Waals surface area contributed by atoms with Crippen molar-refractivity contribution in [3.05, 3.63) is 48.5 Å². The van der Waals surface area contributed by atoms with Gasteiger partial charge in [-0.1, -0.05) is 27.5 Å². The van der Waals surface area contributed by atoms with Crippen LogP contribution >= 0.6 is 54.8 Å². The Morgan fingerprint density at radius 1 is 1.21 bits per heavy atom. The van der Waals surface area contributed by atoms with Crippen LogP contribution in [0.1, 0.15) is 4.88 Å². The van der Waals surface area contributed by atoms with Gasteiger partial charge in [-0.25, -0.2) is 13.1 Å². The molecular formula is C11H8Br2ClNO2S2. The molecule has 3 nitrogen and oxygen atoms in total. The average Bonchev–Trinajstić information content (AvgIpc) is 2.72. The van der Waals surface area contributed by atoms with E-state index in [2.05, 4.69) is 36.6 Å². The van der Waals surface area contributed by atoms with E-state index in [-0.39, 0.29) is 16.5 Å². The first-order valence-corrected chi connectivity index (χ1v) is 9.39. The standard InChI is InChI=1S/C11H8Br2ClNO2S2/c12-7-1-2-11(10(14)4-7)19(16,17)15-5-9-3-8(13)6-18-9/h1-4,6,15H,5H2. The van der Waals surface area contributed by atoms with Gasteiger partial charge in [-0.2, -0.15) is 0 Å². The molecule has 0 unspecified atom stereocenters. The molecule has 0 spiro atoms. The van der Waals surface area contributed by atoms with Crippen molar-refractivity contribution in [2.24, 2.45) is 0 Å². The summed E-state index contributed by atoms with van der Waals surface area (Å²) in [7, 11) is -3.61. The lowest BCUT2D eigenvalue weighted by Crippen LogP contribution is -2.23. The first-order valence-electron chi connectivity index (χ1n) is 5.06. The van der Waals surface area contributed by atoms with E-state index in [0.29, 0.717) is 0 Å². The highest BCUT2D eigenvalue weighted by atomic mass is 79.9. The highest BCUT2D eigenvalue weighted by molar-refractivity contribution is 9.10. The lowest BCUT2D eigenvalue weighted by molar-refractivity contribution is 0.582. The van der Waals surface area contributed by atoms with Gasteiger partial charge >= 0.3 is 0 Å². The largest absolute Gasteiger partial charge is 0.242 e. The van der Waals surface area contributed by atoms with E-state index in [1.165, 1.54) is 17.4 Å². The van der Waals surface area contributed by atoms with Gasteiger partial charge in [-0.15, -0.1) is 11.3 Å². The Balaban J connectivity index is 2.18. The third-order valence-corrected chi connectivity index (χ3v) is 6.32. The topological polar surface area (TPSA) is 46.2 Å². The van der Waals surface area contributed by atoms with Crippen molar-refractivity contribution in [1.82, 2.24) is 4.72 Å². The van der Waals surface area contributed by atoms with Crippen LogP contribution in [-0.4, -0.2) is 8.42 Å². The number of sulfonamides is 1. The maximum absolute atomic E-state index is 12.1. The molecule has 1 aromatic carbocycles. The number of nitrogens with one attached hydrogen (secondary N) is 1. The van der Waals surface area contributed by atoms with E-state index in [1.54, 1.807) is 12.1 Å². The van der Waals surface area contributed by atoms with Crippen molar-refractivity contribution in [3.8, 4) is 0 Å². The van der Waals surface area contributed by atoms with E-state index in [9.17, 15) is 8.42 Å². The summed E-state index contributed by atoms with van der Waals surface area (Å²) in [6.45, 7) is 0.241. The molecule has 0 radical (unpaired) electrons. The van der Waals surface area contributed by atoms with E-state index in [0.717, 1.165) is 13.8 Å². The molecule has 102 valence electrons. The number of thiophene rings is 1. The maximum atomic E-state index is 12.1. The van der Waals surface area contributed by atoms with Crippen LogP contribution < -0.4 is 4.72 Å². The summed E-state index contributed by atoms with van der Waals surface area (Å²) in [4.78, 5) is 0.997. The molecule has 0 bridgehead atoms. The quantitative estimate of drug-likeness (QED) is 0.758.